The second-order valence-corrected chi connectivity index (χ2v) is 7.00. The Labute approximate surface area is 162 Å². The van der Waals surface area contributed by atoms with Crippen molar-refractivity contribution in [3.05, 3.63) is 58.9 Å². The molecule has 0 saturated carbocycles. The summed E-state index contributed by atoms with van der Waals surface area (Å²) in [5.74, 6) is -0.258. The molecule has 1 aliphatic heterocycles. The van der Waals surface area contributed by atoms with Gasteiger partial charge in [0, 0.05) is 30.9 Å². The van der Waals surface area contributed by atoms with E-state index in [-0.39, 0.29) is 16.9 Å². The fourth-order valence-electron chi connectivity index (χ4n) is 2.88. The van der Waals surface area contributed by atoms with Crippen molar-refractivity contribution >= 4 is 34.6 Å². The zero-order valence-corrected chi connectivity index (χ0v) is 15.7. The number of nitrogens with zero attached hydrogens (tertiary/aromatic N) is 1. The molecule has 0 spiro atoms. The summed E-state index contributed by atoms with van der Waals surface area (Å²) in [6.07, 6.45) is 2.10. The number of para-hydroxylation sites is 1. The summed E-state index contributed by atoms with van der Waals surface area (Å²) in [7, 11) is 0. The molecule has 0 aliphatic carbocycles. The van der Waals surface area contributed by atoms with Crippen molar-refractivity contribution in [3.8, 4) is 5.75 Å². The summed E-state index contributed by atoms with van der Waals surface area (Å²) in [6, 6.07) is 11.5. The predicted molar refractivity (Wildman–Crippen MR) is 105 cm³/mol. The van der Waals surface area contributed by atoms with Crippen molar-refractivity contribution in [2.45, 2.75) is 25.5 Å². The predicted octanol–water partition coefficient (Wildman–Crippen LogP) is 4.56. The van der Waals surface area contributed by atoms with Gasteiger partial charge in [-0.15, -0.1) is 0 Å². The molecule has 0 bridgehead atoms. The lowest BCUT2D eigenvalue weighted by Gasteiger charge is -2.28. The molecule has 1 aliphatic rings. The third kappa shape index (κ3) is 4.84. The van der Waals surface area contributed by atoms with Gasteiger partial charge < -0.3 is 20.1 Å². The van der Waals surface area contributed by atoms with E-state index in [0.29, 0.717) is 23.9 Å². The molecule has 2 aromatic rings. The molecule has 0 unspecified atom stereocenters. The summed E-state index contributed by atoms with van der Waals surface area (Å²) in [5, 5.41) is 13.7. The number of hydrogen-bond donors (Lipinski definition) is 2. The van der Waals surface area contributed by atoms with Gasteiger partial charge in [0.1, 0.15) is 11.6 Å². The van der Waals surface area contributed by atoms with E-state index >= 15 is 0 Å². The first-order chi connectivity index (χ1) is 12.5. The van der Waals surface area contributed by atoms with E-state index in [1.807, 2.05) is 17.0 Å². The molecule has 4 nitrogen and oxygen atoms in total. The first kappa shape index (κ1) is 18.9. The number of phenolic OH excluding ortho intramolecular Hbond substituents is 1. The maximum absolute atomic E-state index is 13.3. The van der Waals surface area contributed by atoms with Crippen molar-refractivity contribution in [1.82, 2.24) is 4.90 Å². The maximum Gasteiger partial charge on any atom is 0.173 e. The first-order valence-corrected chi connectivity index (χ1v) is 9.21. The SMILES string of the molecule is Oc1ccccc1CN(C[C@@H]1CCCO1)C(=S)Nc1ccc(F)c(Cl)c1. The highest BCUT2D eigenvalue weighted by molar-refractivity contribution is 7.80. The van der Waals surface area contributed by atoms with Gasteiger partial charge in [-0.25, -0.2) is 4.39 Å². The molecule has 3 rings (SSSR count). The Morgan fingerprint density at radius 2 is 2.15 bits per heavy atom. The van der Waals surface area contributed by atoms with Crippen LogP contribution in [0, 0.1) is 5.82 Å². The molecule has 1 fully saturated rings. The summed E-state index contributed by atoms with van der Waals surface area (Å²) >= 11 is 11.4. The second-order valence-electron chi connectivity index (χ2n) is 6.20. The Morgan fingerprint density at radius 1 is 1.35 bits per heavy atom. The van der Waals surface area contributed by atoms with Crippen LogP contribution in [0.1, 0.15) is 18.4 Å². The van der Waals surface area contributed by atoms with Crippen molar-refractivity contribution in [1.29, 1.82) is 0 Å². The van der Waals surface area contributed by atoms with Gasteiger partial charge in [-0.1, -0.05) is 29.8 Å². The highest BCUT2D eigenvalue weighted by Gasteiger charge is 2.22. The van der Waals surface area contributed by atoms with Crippen molar-refractivity contribution in [2.24, 2.45) is 0 Å². The zero-order chi connectivity index (χ0) is 18.5. The number of benzene rings is 2. The minimum absolute atomic E-state index is 0.0316. The van der Waals surface area contributed by atoms with Gasteiger partial charge in [0.05, 0.1) is 11.1 Å². The van der Waals surface area contributed by atoms with Crippen LogP contribution in [-0.4, -0.2) is 34.4 Å². The van der Waals surface area contributed by atoms with E-state index in [1.54, 1.807) is 18.2 Å². The van der Waals surface area contributed by atoms with E-state index < -0.39 is 5.82 Å². The average molecular weight is 395 g/mol. The normalized spacial score (nSPS) is 16.5. The van der Waals surface area contributed by atoms with Crippen LogP contribution in [0.5, 0.6) is 5.75 Å². The highest BCUT2D eigenvalue weighted by atomic mass is 35.5. The zero-order valence-electron chi connectivity index (χ0n) is 14.1. The molecule has 0 aromatic heterocycles. The van der Waals surface area contributed by atoms with Gasteiger partial charge in [-0.05, 0) is 49.3 Å². The van der Waals surface area contributed by atoms with E-state index in [4.69, 9.17) is 28.6 Å². The van der Waals surface area contributed by atoms with Crippen LogP contribution in [0.2, 0.25) is 5.02 Å². The van der Waals surface area contributed by atoms with Crippen LogP contribution >= 0.6 is 23.8 Å². The molecular weight excluding hydrogens is 375 g/mol. The smallest absolute Gasteiger partial charge is 0.173 e. The van der Waals surface area contributed by atoms with Crippen molar-refractivity contribution in [3.63, 3.8) is 0 Å². The molecule has 1 saturated heterocycles. The number of ether oxygens (including phenoxy) is 1. The van der Waals surface area contributed by atoms with E-state index in [9.17, 15) is 9.50 Å². The van der Waals surface area contributed by atoms with Crippen molar-refractivity contribution < 1.29 is 14.2 Å². The third-order valence-corrected chi connectivity index (χ3v) is 4.91. The number of hydrogen-bond acceptors (Lipinski definition) is 3. The fraction of sp³-hybridized carbons (Fsp3) is 0.316. The average Bonchev–Trinajstić information content (AvgIpc) is 3.12. The van der Waals surface area contributed by atoms with Gasteiger partial charge in [-0.2, -0.15) is 0 Å². The second kappa shape index (κ2) is 8.66. The minimum Gasteiger partial charge on any atom is -0.508 e. The lowest BCUT2D eigenvalue weighted by atomic mass is 10.1. The Bertz CT molecular complexity index is 784. The van der Waals surface area contributed by atoms with Gasteiger partial charge in [-0.3, -0.25) is 0 Å². The number of rotatable bonds is 5. The lowest BCUT2D eigenvalue weighted by Crippen LogP contribution is -2.39. The Balaban J connectivity index is 1.75. The van der Waals surface area contributed by atoms with Crippen LogP contribution in [0.25, 0.3) is 0 Å². The van der Waals surface area contributed by atoms with Crippen LogP contribution in [0.3, 0.4) is 0 Å². The van der Waals surface area contributed by atoms with Crippen LogP contribution in [0.4, 0.5) is 10.1 Å². The molecule has 0 radical (unpaired) electrons. The van der Waals surface area contributed by atoms with E-state index in [2.05, 4.69) is 5.32 Å². The maximum atomic E-state index is 13.3. The number of nitrogens with one attached hydrogen (secondary N) is 1. The number of phenols is 1. The van der Waals surface area contributed by atoms with Crippen LogP contribution in [-0.2, 0) is 11.3 Å². The highest BCUT2D eigenvalue weighted by Crippen LogP contribution is 2.23. The molecule has 1 atom stereocenters. The molecule has 26 heavy (non-hydrogen) atoms. The molecule has 2 N–H and O–H groups in total. The molecule has 2 aromatic carbocycles. The molecule has 138 valence electrons. The quantitative estimate of drug-likeness (QED) is 0.728. The van der Waals surface area contributed by atoms with Gasteiger partial charge in [0.15, 0.2) is 5.11 Å². The summed E-state index contributed by atoms with van der Waals surface area (Å²) in [6.45, 7) is 1.80. The van der Waals surface area contributed by atoms with Gasteiger partial charge >= 0.3 is 0 Å². The number of halogens is 2. The topological polar surface area (TPSA) is 44.7 Å². The largest absolute Gasteiger partial charge is 0.508 e. The minimum atomic E-state index is -0.478. The Hall–Kier alpha value is -1.89. The summed E-state index contributed by atoms with van der Waals surface area (Å²) < 4.78 is 19.1. The number of aromatic hydroxyl groups is 1. The van der Waals surface area contributed by atoms with Crippen LogP contribution in [0.15, 0.2) is 42.5 Å². The van der Waals surface area contributed by atoms with Crippen molar-refractivity contribution in [2.75, 3.05) is 18.5 Å². The summed E-state index contributed by atoms with van der Waals surface area (Å²) in [4.78, 5) is 1.94. The standard InChI is InChI=1S/C19H20ClFN2O2S/c20-16-10-14(7-8-17(16)21)22-19(26)23(12-15-5-3-9-25-15)11-13-4-1-2-6-18(13)24/h1-2,4,6-8,10,15,24H,3,5,9,11-12H2,(H,22,26)/t15-/m0/s1. The molecule has 7 heteroatoms. The van der Waals surface area contributed by atoms with E-state index in [0.717, 1.165) is 25.0 Å². The fourth-order valence-corrected chi connectivity index (χ4v) is 3.32. The molecular formula is C19H20ClFN2O2S. The van der Waals surface area contributed by atoms with Crippen LogP contribution < -0.4 is 5.32 Å². The van der Waals surface area contributed by atoms with Gasteiger partial charge in [0.2, 0.25) is 0 Å². The summed E-state index contributed by atoms with van der Waals surface area (Å²) in [5.41, 5.74) is 1.38. The first-order valence-electron chi connectivity index (χ1n) is 8.42. The Kier molecular flexibility index (Phi) is 6.29. The monoisotopic (exact) mass is 394 g/mol. The third-order valence-electron chi connectivity index (χ3n) is 4.26. The number of anilines is 1. The van der Waals surface area contributed by atoms with Gasteiger partial charge in [0.25, 0.3) is 0 Å². The molecule has 1 heterocycles. The van der Waals surface area contributed by atoms with E-state index in [1.165, 1.54) is 12.1 Å². The lowest BCUT2D eigenvalue weighted by molar-refractivity contribution is 0.0904. The molecule has 0 amide bonds. The number of thiocarbonyl (C=S) groups is 1. The Morgan fingerprint density at radius 3 is 2.85 bits per heavy atom.